The summed E-state index contributed by atoms with van der Waals surface area (Å²) in [5, 5.41) is 14.9. The smallest absolute Gasteiger partial charge is 0.191 e. The number of nitrogens with zero attached hydrogens (tertiary/aromatic N) is 4. The Morgan fingerprint density at radius 1 is 1.48 bits per heavy atom. The van der Waals surface area contributed by atoms with Gasteiger partial charge in [0.15, 0.2) is 5.96 Å². The summed E-state index contributed by atoms with van der Waals surface area (Å²) in [6, 6.07) is 0. The van der Waals surface area contributed by atoms with Crippen LogP contribution in [0.5, 0.6) is 0 Å². The van der Waals surface area contributed by atoms with Crippen LogP contribution in [0, 0.1) is 0 Å². The molecule has 0 aliphatic carbocycles. The van der Waals surface area contributed by atoms with Crippen molar-refractivity contribution in [2.45, 2.75) is 65.1 Å². The molecule has 0 amide bonds. The number of ether oxygens (including phenoxy) is 1. The van der Waals surface area contributed by atoms with Crippen LogP contribution in [-0.4, -0.2) is 52.1 Å². The second-order valence-electron chi connectivity index (χ2n) is 6.92. The van der Waals surface area contributed by atoms with E-state index in [2.05, 4.69) is 58.1 Å². The molecule has 1 aromatic heterocycles. The van der Waals surface area contributed by atoms with Gasteiger partial charge in [0.1, 0.15) is 12.2 Å². The van der Waals surface area contributed by atoms with Crippen LogP contribution in [0.4, 0.5) is 0 Å². The second-order valence-corrected chi connectivity index (χ2v) is 6.92. The van der Waals surface area contributed by atoms with Gasteiger partial charge < -0.3 is 19.9 Å². The minimum Gasteiger partial charge on any atom is -0.376 e. The number of aryl methyl sites for hydroxylation is 1. The zero-order valence-electron chi connectivity index (χ0n) is 14.8. The van der Waals surface area contributed by atoms with E-state index in [4.69, 9.17) is 4.74 Å². The highest BCUT2D eigenvalue weighted by Crippen LogP contribution is 2.11. The molecule has 7 heteroatoms. The lowest BCUT2D eigenvalue weighted by atomic mass is 10.1. The predicted molar refractivity (Wildman–Crippen MR) is 91.6 cm³/mol. The van der Waals surface area contributed by atoms with Crippen LogP contribution in [0.1, 0.15) is 46.4 Å². The minimum atomic E-state index is -0.0342. The first-order valence-electron chi connectivity index (χ1n) is 8.52. The van der Waals surface area contributed by atoms with Gasteiger partial charge in [-0.1, -0.05) is 6.92 Å². The molecule has 7 nitrogen and oxygen atoms in total. The monoisotopic (exact) mass is 322 g/mol. The molecule has 0 aromatic carbocycles. The molecule has 0 spiro atoms. The van der Waals surface area contributed by atoms with Crippen LogP contribution in [0.3, 0.4) is 0 Å². The van der Waals surface area contributed by atoms with Gasteiger partial charge in [0.2, 0.25) is 0 Å². The highest BCUT2D eigenvalue weighted by atomic mass is 16.5. The summed E-state index contributed by atoms with van der Waals surface area (Å²) in [5.41, 5.74) is -0.0342. The van der Waals surface area contributed by atoms with Gasteiger partial charge in [-0.2, -0.15) is 0 Å². The molecule has 1 fully saturated rings. The summed E-state index contributed by atoms with van der Waals surface area (Å²) in [4.78, 5) is 4.68. The number of guanidine groups is 1. The molecule has 1 aliphatic rings. The molecule has 2 N–H and O–H groups in total. The number of hydrogen-bond acceptors (Lipinski definition) is 4. The molecule has 1 unspecified atom stereocenters. The molecule has 0 bridgehead atoms. The Hall–Kier alpha value is -1.63. The number of aliphatic imine (C=N–C) groups is 1. The van der Waals surface area contributed by atoms with Gasteiger partial charge in [0.25, 0.3) is 0 Å². The summed E-state index contributed by atoms with van der Waals surface area (Å²) >= 11 is 0. The first-order chi connectivity index (χ1) is 11.0. The molecule has 1 atom stereocenters. The highest BCUT2D eigenvalue weighted by Gasteiger charge is 2.16. The van der Waals surface area contributed by atoms with Gasteiger partial charge in [0.05, 0.1) is 12.6 Å². The number of rotatable bonds is 6. The average Bonchev–Trinajstić information content (AvgIpc) is 3.14. The van der Waals surface area contributed by atoms with E-state index in [-0.39, 0.29) is 11.6 Å². The summed E-state index contributed by atoms with van der Waals surface area (Å²) in [6.07, 6.45) is 5.18. The highest BCUT2D eigenvalue weighted by molar-refractivity contribution is 5.80. The maximum atomic E-state index is 5.64. The average molecular weight is 322 g/mol. The van der Waals surface area contributed by atoms with Crippen molar-refractivity contribution in [3.63, 3.8) is 0 Å². The third kappa shape index (κ3) is 6.17. The lowest BCUT2D eigenvalue weighted by molar-refractivity contribution is 0.117. The third-order valence-electron chi connectivity index (χ3n) is 3.63. The van der Waals surface area contributed by atoms with Gasteiger partial charge in [0, 0.05) is 31.7 Å². The van der Waals surface area contributed by atoms with Crippen LogP contribution < -0.4 is 10.6 Å². The number of hydrogen-bond donors (Lipinski definition) is 2. The van der Waals surface area contributed by atoms with E-state index < -0.39 is 0 Å². The van der Waals surface area contributed by atoms with Gasteiger partial charge in [-0.3, -0.25) is 4.99 Å². The molecule has 0 saturated carbocycles. The van der Waals surface area contributed by atoms with Crippen molar-refractivity contribution in [3.8, 4) is 0 Å². The summed E-state index contributed by atoms with van der Waals surface area (Å²) in [5.74, 6) is 1.84. The first-order valence-corrected chi connectivity index (χ1v) is 8.52. The predicted octanol–water partition coefficient (Wildman–Crippen LogP) is 1.35. The molecule has 23 heavy (non-hydrogen) atoms. The van der Waals surface area contributed by atoms with E-state index in [0.29, 0.717) is 6.54 Å². The molecule has 2 rings (SSSR count). The molecule has 130 valence electrons. The number of aromatic nitrogens is 3. The minimum absolute atomic E-state index is 0.0342. The lowest BCUT2D eigenvalue weighted by Gasteiger charge is -2.24. The van der Waals surface area contributed by atoms with E-state index in [1.54, 1.807) is 6.33 Å². The Balaban J connectivity index is 1.87. The fourth-order valence-electron chi connectivity index (χ4n) is 2.51. The van der Waals surface area contributed by atoms with Crippen molar-refractivity contribution in [2.24, 2.45) is 4.99 Å². The quantitative estimate of drug-likeness (QED) is 0.611. The fourth-order valence-corrected chi connectivity index (χ4v) is 2.51. The Bertz CT molecular complexity index is 499. The summed E-state index contributed by atoms with van der Waals surface area (Å²) in [7, 11) is 0. The van der Waals surface area contributed by atoms with E-state index in [9.17, 15) is 0 Å². The Labute approximate surface area is 138 Å². The van der Waals surface area contributed by atoms with Crippen molar-refractivity contribution in [1.82, 2.24) is 25.4 Å². The molecule has 2 heterocycles. The fraction of sp³-hybridized carbons (Fsp3) is 0.812. The van der Waals surface area contributed by atoms with Crippen molar-refractivity contribution >= 4 is 5.96 Å². The summed E-state index contributed by atoms with van der Waals surface area (Å²) < 4.78 is 7.72. The van der Waals surface area contributed by atoms with Gasteiger partial charge in [-0.05, 0) is 33.6 Å². The third-order valence-corrected chi connectivity index (χ3v) is 3.63. The molecule has 0 radical (unpaired) electrons. The van der Waals surface area contributed by atoms with Crippen LogP contribution >= 0.6 is 0 Å². The number of nitrogens with one attached hydrogen (secondary N) is 2. The lowest BCUT2D eigenvalue weighted by Crippen LogP contribution is -2.48. The second kappa shape index (κ2) is 8.29. The van der Waals surface area contributed by atoms with Crippen molar-refractivity contribution in [2.75, 3.05) is 19.7 Å². The molecule has 1 aliphatic heterocycles. The largest absolute Gasteiger partial charge is 0.376 e. The Kier molecular flexibility index (Phi) is 6.38. The first kappa shape index (κ1) is 17.7. The maximum absolute atomic E-state index is 5.64. The maximum Gasteiger partial charge on any atom is 0.191 e. The van der Waals surface area contributed by atoms with E-state index in [1.807, 2.05) is 0 Å². The topological polar surface area (TPSA) is 76.4 Å². The molecule has 1 aromatic rings. The van der Waals surface area contributed by atoms with E-state index >= 15 is 0 Å². The van der Waals surface area contributed by atoms with Gasteiger partial charge in [-0.25, -0.2) is 0 Å². The van der Waals surface area contributed by atoms with Crippen molar-refractivity contribution in [3.05, 3.63) is 12.2 Å². The molecular formula is C16H30N6O. The van der Waals surface area contributed by atoms with Gasteiger partial charge >= 0.3 is 0 Å². The van der Waals surface area contributed by atoms with Crippen LogP contribution in [0.2, 0.25) is 0 Å². The molecule has 1 saturated heterocycles. The Morgan fingerprint density at radius 2 is 2.30 bits per heavy atom. The SMILES string of the molecule is CCc1nncn1CCNC(=NCC1CCCO1)NC(C)(C)C. The van der Waals surface area contributed by atoms with Crippen LogP contribution in [0.15, 0.2) is 11.3 Å². The summed E-state index contributed by atoms with van der Waals surface area (Å²) in [6.45, 7) is 11.6. The van der Waals surface area contributed by atoms with Crippen LogP contribution in [-0.2, 0) is 17.7 Å². The van der Waals surface area contributed by atoms with Crippen molar-refractivity contribution in [1.29, 1.82) is 0 Å². The normalized spacial score (nSPS) is 19.1. The Morgan fingerprint density at radius 3 is 2.96 bits per heavy atom. The van der Waals surface area contributed by atoms with E-state index in [1.165, 1.54) is 0 Å². The van der Waals surface area contributed by atoms with E-state index in [0.717, 1.165) is 50.7 Å². The van der Waals surface area contributed by atoms with Crippen LogP contribution in [0.25, 0.3) is 0 Å². The zero-order valence-corrected chi connectivity index (χ0v) is 14.8. The van der Waals surface area contributed by atoms with Gasteiger partial charge in [-0.15, -0.1) is 10.2 Å². The standard InChI is InChI=1S/C16H30N6O/c1-5-14-21-19-12-22(14)9-8-17-15(20-16(2,3)4)18-11-13-7-6-10-23-13/h12-13H,5-11H2,1-4H3,(H2,17,18,20). The molecular weight excluding hydrogens is 292 g/mol. The zero-order chi connectivity index (χ0) is 16.7. The van der Waals surface area contributed by atoms with Crippen molar-refractivity contribution < 1.29 is 4.74 Å².